The molecule has 2 rings (SSSR count). The lowest BCUT2D eigenvalue weighted by Crippen LogP contribution is -2.23. The van der Waals surface area contributed by atoms with Gasteiger partial charge in [0.15, 0.2) is 5.92 Å². The van der Waals surface area contributed by atoms with Crippen LogP contribution in [0.1, 0.15) is 0 Å². The molecule has 0 saturated carbocycles. The fourth-order valence-corrected chi connectivity index (χ4v) is 2.64. The molecule has 19 heavy (non-hydrogen) atoms. The third-order valence-corrected chi connectivity index (χ3v) is 3.78. The van der Waals surface area contributed by atoms with E-state index in [4.69, 9.17) is 5.26 Å². The lowest BCUT2D eigenvalue weighted by atomic mass is 10.1. The van der Waals surface area contributed by atoms with Crippen molar-refractivity contribution in [1.29, 1.82) is 5.26 Å². The van der Waals surface area contributed by atoms with Crippen molar-refractivity contribution in [1.82, 2.24) is 0 Å². The maximum atomic E-state index is 12.4. The van der Waals surface area contributed by atoms with Crippen LogP contribution in [0.2, 0.25) is 0 Å². The largest absolute Gasteiger partial charge is 0.405 e. The first-order chi connectivity index (χ1) is 9.00. The normalized spacial score (nSPS) is 13.2. The van der Waals surface area contributed by atoms with Gasteiger partial charge in [-0.15, -0.1) is 11.8 Å². The molecule has 1 atom stereocenters. The van der Waals surface area contributed by atoms with Crippen molar-refractivity contribution in [2.45, 2.75) is 11.1 Å². The second kappa shape index (κ2) is 5.54. The molecule has 0 aliphatic heterocycles. The van der Waals surface area contributed by atoms with Gasteiger partial charge in [-0.05, 0) is 22.9 Å². The highest BCUT2D eigenvalue weighted by atomic mass is 32.2. The van der Waals surface area contributed by atoms with Gasteiger partial charge in [0.2, 0.25) is 0 Å². The highest BCUT2D eigenvalue weighted by molar-refractivity contribution is 7.99. The number of alkyl halides is 3. The summed E-state index contributed by atoms with van der Waals surface area (Å²) in [5.74, 6) is -2.21. The molecule has 0 aliphatic carbocycles. The Morgan fingerprint density at radius 1 is 1.11 bits per heavy atom. The summed E-state index contributed by atoms with van der Waals surface area (Å²) in [6, 6.07) is 14.4. The fraction of sp³-hybridized carbons (Fsp3) is 0.214. The van der Waals surface area contributed by atoms with E-state index in [9.17, 15) is 13.2 Å². The summed E-state index contributed by atoms with van der Waals surface area (Å²) in [4.78, 5) is 0.739. The molecule has 0 spiro atoms. The molecular formula is C14H10F3NS. The van der Waals surface area contributed by atoms with Crippen molar-refractivity contribution in [3.8, 4) is 6.07 Å². The predicted molar refractivity (Wildman–Crippen MR) is 69.8 cm³/mol. The number of rotatable bonds is 3. The number of halogens is 3. The van der Waals surface area contributed by atoms with E-state index in [-0.39, 0.29) is 5.75 Å². The third-order valence-electron chi connectivity index (χ3n) is 2.69. The van der Waals surface area contributed by atoms with E-state index < -0.39 is 12.1 Å². The molecule has 0 amide bonds. The van der Waals surface area contributed by atoms with Crippen molar-refractivity contribution in [2.75, 3.05) is 5.75 Å². The molecule has 0 radical (unpaired) electrons. The van der Waals surface area contributed by atoms with Crippen LogP contribution in [-0.4, -0.2) is 11.9 Å². The molecule has 0 bridgehead atoms. The zero-order valence-corrected chi connectivity index (χ0v) is 10.6. The van der Waals surface area contributed by atoms with E-state index in [0.717, 1.165) is 27.4 Å². The van der Waals surface area contributed by atoms with Crippen LogP contribution in [0.5, 0.6) is 0 Å². The van der Waals surface area contributed by atoms with Crippen LogP contribution in [0.4, 0.5) is 13.2 Å². The molecular weight excluding hydrogens is 271 g/mol. The van der Waals surface area contributed by atoms with Crippen LogP contribution in [-0.2, 0) is 0 Å². The Balaban J connectivity index is 2.12. The van der Waals surface area contributed by atoms with Crippen LogP contribution in [0, 0.1) is 17.2 Å². The van der Waals surface area contributed by atoms with Gasteiger partial charge in [-0.2, -0.15) is 18.4 Å². The van der Waals surface area contributed by atoms with E-state index in [1.54, 1.807) is 6.07 Å². The van der Waals surface area contributed by atoms with E-state index in [1.165, 1.54) is 6.07 Å². The number of hydrogen-bond donors (Lipinski definition) is 0. The average Bonchev–Trinajstić information content (AvgIpc) is 2.37. The van der Waals surface area contributed by atoms with Gasteiger partial charge in [0, 0.05) is 10.6 Å². The first kappa shape index (κ1) is 13.8. The summed E-state index contributed by atoms with van der Waals surface area (Å²) in [6.07, 6.45) is -4.46. The Kier molecular flexibility index (Phi) is 4.01. The summed E-state index contributed by atoms with van der Waals surface area (Å²) in [7, 11) is 0. The summed E-state index contributed by atoms with van der Waals surface area (Å²) in [6.45, 7) is 0. The lowest BCUT2D eigenvalue weighted by molar-refractivity contribution is -0.152. The molecule has 1 nitrogen and oxygen atoms in total. The van der Waals surface area contributed by atoms with Gasteiger partial charge in [0.25, 0.3) is 0 Å². The number of nitrogens with zero attached hydrogens (tertiary/aromatic N) is 1. The first-order valence-electron chi connectivity index (χ1n) is 5.58. The fourth-order valence-electron chi connectivity index (χ4n) is 1.64. The Bertz CT molecular complexity index is 616. The van der Waals surface area contributed by atoms with Crippen LogP contribution in [0.3, 0.4) is 0 Å². The van der Waals surface area contributed by atoms with Gasteiger partial charge in [-0.1, -0.05) is 30.3 Å². The van der Waals surface area contributed by atoms with E-state index in [1.807, 2.05) is 36.4 Å². The minimum atomic E-state index is -4.46. The Morgan fingerprint density at radius 3 is 2.42 bits per heavy atom. The second-order valence-electron chi connectivity index (χ2n) is 4.04. The highest BCUT2D eigenvalue weighted by Crippen LogP contribution is 2.32. The standard InChI is InChI=1S/C14H10F3NS/c15-14(16,17)12(8-18)9-19-13-6-5-10-3-1-2-4-11(10)7-13/h1-7,12H,9H2. The molecule has 98 valence electrons. The van der Waals surface area contributed by atoms with E-state index in [0.29, 0.717) is 0 Å². The molecule has 0 saturated heterocycles. The topological polar surface area (TPSA) is 23.8 Å². The second-order valence-corrected chi connectivity index (χ2v) is 5.14. The van der Waals surface area contributed by atoms with Gasteiger partial charge in [0.05, 0.1) is 6.07 Å². The molecule has 0 N–H and O–H groups in total. The molecule has 0 heterocycles. The molecule has 0 aliphatic rings. The van der Waals surface area contributed by atoms with Crippen molar-refractivity contribution in [2.24, 2.45) is 5.92 Å². The lowest BCUT2D eigenvalue weighted by Gasteiger charge is -2.12. The molecule has 0 fully saturated rings. The zero-order chi connectivity index (χ0) is 13.9. The smallest absolute Gasteiger partial charge is 0.198 e. The van der Waals surface area contributed by atoms with Crippen molar-refractivity contribution < 1.29 is 13.2 Å². The van der Waals surface area contributed by atoms with E-state index >= 15 is 0 Å². The SMILES string of the molecule is N#CC(CSc1ccc2ccccc2c1)C(F)(F)F. The molecule has 2 aromatic rings. The Morgan fingerprint density at radius 2 is 1.79 bits per heavy atom. The van der Waals surface area contributed by atoms with E-state index in [2.05, 4.69) is 0 Å². The summed E-state index contributed by atoms with van der Waals surface area (Å²) < 4.78 is 37.3. The summed E-state index contributed by atoms with van der Waals surface area (Å²) in [5, 5.41) is 10.5. The van der Waals surface area contributed by atoms with Gasteiger partial charge in [0.1, 0.15) is 0 Å². The van der Waals surface area contributed by atoms with Gasteiger partial charge < -0.3 is 0 Å². The van der Waals surface area contributed by atoms with Crippen LogP contribution >= 0.6 is 11.8 Å². The predicted octanol–water partition coefficient (Wildman–Crippen LogP) is 4.63. The van der Waals surface area contributed by atoms with Crippen LogP contribution in [0.15, 0.2) is 47.4 Å². The minimum Gasteiger partial charge on any atom is -0.198 e. The van der Waals surface area contributed by atoms with Gasteiger partial charge in [-0.3, -0.25) is 0 Å². The van der Waals surface area contributed by atoms with Crippen LogP contribution < -0.4 is 0 Å². The number of thioether (sulfide) groups is 1. The molecule has 2 aromatic carbocycles. The Labute approximate surface area is 113 Å². The van der Waals surface area contributed by atoms with Gasteiger partial charge in [-0.25, -0.2) is 0 Å². The Hall–Kier alpha value is -1.67. The van der Waals surface area contributed by atoms with Crippen LogP contribution in [0.25, 0.3) is 10.8 Å². The number of nitriles is 1. The highest BCUT2D eigenvalue weighted by Gasteiger charge is 2.39. The average molecular weight is 281 g/mol. The summed E-state index contributed by atoms with van der Waals surface area (Å²) in [5.41, 5.74) is 0. The summed E-state index contributed by atoms with van der Waals surface area (Å²) >= 11 is 1.05. The maximum Gasteiger partial charge on any atom is 0.405 e. The molecule has 1 unspecified atom stereocenters. The molecule has 5 heteroatoms. The number of benzene rings is 2. The van der Waals surface area contributed by atoms with Crippen molar-refractivity contribution in [3.63, 3.8) is 0 Å². The third kappa shape index (κ3) is 3.42. The zero-order valence-electron chi connectivity index (χ0n) is 9.82. The maximum absolute atomic E-state index is 12.4. The number of fused-ring (bicyclic) bond motifs is 1. The molecule has 0 aromatic heterocycles. The monoisotopic (exact) mass is 281 g/mol. The van der Waals surface area contributed by atoms with Crippen molar-refractivity contribution >= 4 is 22.5 Å². The quantitative estimate of drug-likeness (QED) is 0.766. The minimum absolute atomic E-state index is 0.279. The number of hydrogen-bond acceptors (Lipinski definition) is 2. The first-order valence-corrected chi connectivity index (χ1v) is 6.57. The van der Waals surface area contributed by atoms with Crippen molar-refractivity contribution in [3.05, 3.63) is 42.5 Å². The van der Waals surface area contributed by atoms with Gasteiger partial charge >= 0.3 is 6.18 Å².